The molecule has 0 fully saturated rings. The number of unbranched alkanes of at least 4 members (excludes halogenated alkanes) is 1. The number of ether oxygens (including phenoxy) is 1. The molecule has 0 bridgehead atoms. The van der Waals surface area contributed by atoms with Crippen molar-refractivity contribution in [2.45, 2.75) is 45.6 Å². The molecule has 0 aromatic carbocycles. The number of anilines is 3. The Bertz CT molecular complexity index is 990. The minimum atomic E-state index is -0.592. The topological polar surface area (TPSA) is 140 Å². The van der Waals surface area contributed by atoms with Gasteiger partial charge in [-0.15, -0.1) is 0 Å². The van der Waals surface area contributed by atoms with Crippen molar-refractivity contribution >= 4 is 28.9 Å². The number of pyridine rings is 1. The minimum absolute atomic E-state index is 0.0463. The van der Waals surface area contributed by atoms with E-state index in [0.717, 1.165) is 19.3 Å². The summed E-state index contributed by atoms with van der Waals surface area (Å²) in [6.07, 6.45) is 7.20. The van der Waals surface area contributed by atoms with Crippen molar-refractivity contribution in [3.05, 3.63) is 36.2 Å². The van der Waals surface area contributed by atoms with Crippen molar-refractivity contribution in [2.24, 2.45) is 5.73 Å². The van der Waals surface area contributed by atoms with Gasteiger partial charge in [-0.1, -0.05) is 26.7 Å². The summed E-state index contributed by atoms with van der Waals surface area (Å²) in [5.41, 5.74) is 6.60. The summed E-state index contributed by atoms with van der Waals surface area (Å²) in [5.74, 6) is 0.985. The second-order valence-electron chi connectivity index (χ2n) is 6.82. The maximum absolute atomic E-state index is 11.5. The van der Waals surface area contributed by atoms with Gasteiger partial charge in [-0.05, 0) is 25.0 Å². The average molecular weight is 430 g/mol. The van der Waals surface area contributed by atoms with E-state index in [9.17, 15) is 4.79 Å². The summed E-state index contributed by atoms with van der Waals surface area (Å²) in [4.78, 5) is 20.0. The summed E-state index contributed by atoms with van der Waals surface area (Å²) >= 11 is 0. The minimum Gasteiger partial charge on any atom is -0.480 e. The molecule has 3 heterocycles. The van der Waals surface area contributed by atoms with Gasteiger partial charge in [0.2, 0.25) is 5.88 Å². The van der Waals surface area contributed by atoms with Crippen LogP contribution in [0.4, 0.5) is 17.3 Å². The van der Waals surface area contributed by atoms with Gasteiger partial charge in [-0.3, -0.25) is 4.79 Å². The molecule has 5 N–H and O–H groups in total. The van der Waals surface area contributed by atoms with Crippen molar-refractivity contribution in [3.8, 4) is 5.88 Å². The third-order valence-corrected chi connectivity index (χ3v) is 4.58. The number of nitrogens with zero attached hydrogens (tertiary/aromatic N) is 4. The molecule has 0 aliphatic carbocycles. The fourth-order valence-corrected chi connectivity index (χ4v) is 2.81. The Morgan fingerprint density at radius 3 is 2.77 bits per heavy atom. The first-order chi connectivity index (χ1) is 14.9. The predicted molar refractivity (Wildman–Crippen MR) is 121 cm³/mol. The van der Waals surface area contributed by atoms with Gasteiger partial charge in [0.15, 0.2) is 5.65 Å². The summed E-state index contributed by atoms with van der Waals surface area (Å²) in [5, 5.41) is 19.2. The number of primary amides is 1. The number of aliphatic hydroxyl groups is 1. The van der Waals surface area contributed by atoms with Crippen LogP contribution < -0.4 is 21.1 Å². The average Bonchev–Trinajstić information content (AvgIpc) is 3.22. The number of methoxy groups -OCH3 is 1. The van der Waals surface area contributed by atoms with Crippen molar-refractivity contribution in [3.63, 3.8) is 0 Å². The number of aliphatic hydroxyl groups excluding tert-OH is 1. The smallest absolute Gasteiger partial charge is 0.254 e. The standard InChI is InChI=1S/C14H15N7O2.C7H16O/c1-16-11-6-10(19-9-4-3-5-17-14(9)23-2)20-13-8(12(15)22)7-18-21(11)13;1-3-5-6-7(8)4-2/h3-7,16H,1-2H3,(H2,15,22)(H,19,20);7-8H,3-6H2,1-2H3. The number of carbonyl (C=O) groups is 1. The van der Waals surface area contributed by atoms with Crippen LogP contribution in [-0.4, -0.2) is 50.9 Å². The van der Waals surface area contributed by atoms with Crippen molar-refractivity contribution in [1.29, 1.82) is 0 Å². The van der Waals surface area contributed by atoms with Gasteiger partial charge in [0, 0.05) is 19.3 Å². The van der Waals surface area contributed by atoms with Crippen LogP contribution in [0.2, 0.25) is 0 Å². The largest absolute Gasteiger partial charge is 0.480 e. The number of hydrogen-bond acceptors (Lipinski definition) is 8. The van der Waals surface area contributed by atoms with Gasteiger partial charge >= 0.3 is 0 Å². The van der Waals surface area contributed by atoms with E-state index in [2.05, 4.69) is 32.6 Å². The number of hydrogen-bond donors (Lipinski definition) is 4. The molecule has 10 nitrogen and oxygen atoms in total. The predicted octanol–water partition coefficient (Wildman–Crippen LogP) is 2.96. The van der Waals surface area contributed by atoms with Gasteiger partial charge in [-0.2, -0.15) is 9.61 Å². The molecular weight excluding hydrogens is 398 g/mol. The third-order valence-electron chi connectivity index (χ3n) is 4.58. The van der Waals surface area contributed by atoms with Crippen LogP contribution in [-0.2, 0) is 0 Å². The maximum Gasteiger partial charge on any atom is 0.254 e. The molecular formula is C21H31N7O3. The van der Waals surface area contributed by atoms with E-state index in [-0.39, 0.29) is 11.7 Å². The molecule has 0 saturated carbocycles. The van der Waals surface area contributed by atoms with Crippen molar-refractivity contribution < 1.29 is 14.6 Å². The highest BCUT2D eigenvalue weighted by molar-refractivity contribution is 5.99. The lowest BCUT2D eigenvalue weighted by Gasteiger charge is -2.11. The monoisotopic (exact) mass is 429 g/mol. The van der Waals surface area contributed by atoms with Crippen LogP contribution in [0, 0.1) is 0 Å². The Balaban J connectivity index is 0.000000366. The molecule has 0 saturated heterocycles. The number of nitrogens with one attached hydrogen (secondary N) is 2. The molecule has 3 aromatic rings. The molecule has 0 aliphatic rings. The summed E-state index contributed by atoms with van der Waals surface area (Å²) in [7, 11) is 3.28. The fraction of sp³-hybridized carbons (Fsp3) is 0.429. The number of nitrogens with two attached hydrogens (primary N) is 1. The van der Waals surface area contributed by atoms with E-state index in [1.165, 1.54) is 24.2 Å². The van der Waals surface area contributed by atoms with E-state index in [4.69, 9.17) is 15.6 Å². The molecule has 31 heavy (non-hydrogen) atoms. The molecule has 1 atom stereocenters. The first kappa shape index (κ1) is 23.9. The van der Waals surface area contributed by atoms with Crippen LogP contribution in [0.3, 0.4) is 0 Å². The van der Waals surface area contributed by atoms with Crippen molar-refractivity contribution in [1.82, 2.24) is 19.6 Å². The van der Waals surface area contributed by atoms with E-state index in [1.54, 1.807) is 25.4 Å². The second-order valence-corrected chi connectivity index (χ2v) is 6.82. The molecule has 0 radical (unpaired) electrons. The second kappa shape index (κ2) is 11.7. The fourth-order valence-electron chi connectivity index (χ4n) is 2.81. The van der Waals surface area contributed by atoms with Crippen LogP contribution in [0.5, 0.6) is 5.88 Å². The normalized spacial score (nSPS) is 11.4. The SMILES string of the molecule is CCCCC(O)CC.CNc1cc(Nc2cccnc2OC)nc2c(C(N)=O)cnn12. The number of aromatic nitrogens is 4. The van der Waals surface area contributed by atoms with Crippen LogP contribution in [0.15, 0.2) is 30.6 Å². The first-order valence-corrected chi connectivity index (χ1v) is 10.2. The Morgan fingerprint density at radius 2 is 2.16 bits per heavy atom. The Hall–Kier alpha value is -3.40. The number of amides is 1. The number of rotatable bonds is 9. The Morgan fingerprint density at radius 1 is 1.39 bits per heavy atom. The highest BCUT2D eigenvalue weighted by atomic mass is 16.5. The van der Waals surface area contributed by atoms with Crippen LogP contribution in [0.1, 0.15) is 49.9 Å². The summed E-state index contributed by atoms with van der Waals surface area (Å²) in [6, 6.07) is 5.33. The molecule has 1 unspecified atom stereocenters. The van der Waals surface area contributed by atoms with Crippen LogP contribution in [0.25, 0.3) is 5.65 Å². The zero-order chi connectivity index (χ0) is 22.8. The van der Waals surface area contributed by atoms with Gasteiger partial charge in [0.1, 0.15) is 22.9 Å². The maximum atomic E-state index is 11.5. The molecule has 168 valence electrons. The van der Waals surface area contributed by atoms with Gasteiger partial charge < -0.3 is 26.2 Å². The van der Waals surface area contributed by atoms with E-state index in [0.29, 0.717) is 28.9 Å². The molecule has 10 heteroatoms. The summed E-state index contributed by atoms with van der Waals surface area (Å²) < 4.78 is 6.71. The third kappa shape index (κ3) is 6.29. The lowest BCUT2D eigenvalue weighted by atomic mass is 10.1. The molecule has 0 spiro atoms. The van der Waals surface area contributed by atoms with E-state index < -0.39 is 5.91 Å². The Kier molecular flexibility index (Phi) is 9.01. The quantitative estimate of drug-likeness (QED) is 0.407. The van der Waals surface area contributed by atoms with Crippen molar-refractivity contribution in [2.75, 3.05) is 24.8 Å². The number of fused-ring (bicyclic) bond motifs is 1. The molecule has 3 rings (SSSR count). The first-order valence-electron chi connectivity index (χ1n) is 10.2. The van der Waals surface area contributed by atoms with Gasteiger partial charge in [0.05, 0.1) is 19.4 Å². The highest BCUT2D eigenvalue weighted by Crippen LogP contribution is 2.26. The van der Waals surface area contributed by atoms with Gasteiger partial charge in [-0.25, -0.2) is 9.97 Å². The molecule has 3 aromatic heterocycles. The van der Waals surface area contributed by atoms with E-state index in [1.807, 2.05) is 13.0 Å². The lowest BCUT2D eigenvalue weighted by molar-refractivity contribution is 0.100. The molecule has 1 amide bonds. The zero-order valence-corrected chi connectivity index (χ0v) is 18.4. The summed E-state index contributed by atoms with van der Waals surface area (Å²) in [6.45, 7) is 4.16. The Labute approximate surface area is 181 Å². The highest BCUT2D eigenvalue weighted by Gasteiger charge is 2.15. The molecule has 0 aliphatic heterocycles. The number of carbonyl (C=O) groups excluding carboxylic acids is 1. The zero-order valence-electron chi connectivity index (χ0n) is 18.4. The lowest BCUT2D eigenvalue weighted by Crippen LogP contribution is -2.12. The van der Waals surface area contributed by atoms with Gasteiger partial charge in [0.25, 0.3) is 5.91 Å². The van der Waals surface area contributed by atoms with E-state index >= 15 is 0 Å². The van der Waals surface area contributed by atoms with Crippen LogP contribution >= 0.6 is 0 Å².